The summed E-state index contributed by atoms with van der Waals surface area (Å²) in [5, 5.41) is 0. The van der Waals surface area contributed by atoms with Crippen molar-refractivity contribution < 1.29 is 9.53 Å². The van der Waals surface area contributed by atoms with Gasteiger partial charge in [-0.3, -0.25) is 4.79 Å². The van der Waals surface area contributed by atoms with Gasteiger partial charge in [-0.1, -0.05) is 19.1 Å². The van der Waals surface area contributed by atoms with Crippen molar-refractivity contribution in [2.75, 3.05) is 50.8 Å². The molecule has 0 saturated carbocycles. The van der Waals surface area contributed by atoms with Crippen LogP contribution in [-0.4, -0.2) is 66.5 Å². The van der Waals surface area contributed by atoms with Gasteiger partial charge in [0, 0.05) is 19.6 Å². The maximum absolute atomic E-state index is 12.7. The Labute approximate surface area is 190 Å². The molecule has 0 radical (unpaired) electrons. The van der Waals surface area contributed by atoms with Crippen LogP contribution in [-0.2, 0) is 4.79 Å². The Balaban J connectivity index is 1.21. The minimum atomic E-state index is 0.134. The molecule has 0 aliphatic carbocycles. The highest BCUT2D eigenvalue weighted by Crippen LogP contribution is 2.43. The highest BCUT2D eigenvalue weighted by molar-refractivity contribution is 8.16. The summed E-state index contributed by atoms with van der Waals surface area (Å²) in [5.74, 6) is 4.91. The average Bonchev–Trinajstić information content (AvgIpc) is 2.80. The fraction of sp³-hybridized carbons (Fsp3) is 0.708. The lowest BCUT2D eigenvalue weighted by molar-refractivity contribution is -0.135. The van der Waals surface area contributed by atoms with Gasteiger partial charge in [-0.15, -0.1) is 23.5 Å². The molecule has 3 fully saturated rings. The number of rotatable bonds is 6. The molecule has 3 heterocycles. The van der Waals surface area contributed by atoms with E-state index in [9.17, 15) is 4.79 Å². The van der Waals surface area contributed by atoms with Crippen LogP contribution >= 0.6 is 23.5 Å². The minimum Gasteiger partial charge on any atom is -0.484 e. The highest BCUT2D eigenvalue weighted by Gasteiger charge is 2.26. The van der Waals surface area contributed by atoms with Crippen LogP contribution in [0.3, 0.4) is 0 Å². The van der Waals surface area contributed by atoms with Crippen molar-refractivity contribution in [2.24, 2.45) is 11.8 Å². The number of benzene rings is 1. The smallest absolute Gasteiger partial charge is 0.260 e. The van der Waals surface area contributed by atoms with E-state index >= 15 is 0 Å². The number of amides is 1. The monoisotopic (exact) mass is 448 g/mol. The molecule has 0 bridgehead atoms. The molecule has 1 atom stereocenters. The molecule has 4 nitrogen and oxygen atoms in total. The lowest BCUT2D eigenvalue weighted by atomic mass is 9.94. The fourth-order valence-corrected chi connectivity index (χ4v) is 7.58. The van der Waals surface area contributed by atoms with E-state index in [1.54, 1.807) is 0 Å². The zero-order valence-electron chi connectivity index (χ0n) is 18.3. The summed E-state index contributed by atoms with van der Waals surface area (Å²) < 4.78 is 6.39. The average molecular weight is 449 g/mol. The second-order valence-corrected chi connectivity index (χ2v) is 11.8. The standard InChI is InChI=1S/C24H36N2O2S2/c1-19-9-12-25(13-10-19)16-20-4-2-11-26(17-20)23(27)18-28-22-7-5-21(6-8-22)24-29-14-3-15-30-24/h5-8,19-20,24H,2-4,9-18H2,1H3. The van der Waals surface area contributed by atoms with E-state index in [1.165, 1.54) is 55.8 Å². The predicted octanol–water partition coefficient (Wildman–Crippen LogP) is 4.90. The van der Waals surface area contributed by atoms with E-state index in [0.29, 0.717) is 10.5 Å². The van der Waals surface area contributed by atoms with Crippen LogP contribution in [0.15, 0.2) is 24.3 Å². The van der Waals surface area contributed by atoms with E-state index in [-0.39, 0.29) is 12.5 Å². The van der Waals surface area contributed by atoms with Crippen molar-refractivity contribution in [3.8, 4) is 5.75 Å². The van der Waals surface area contributed by atoms with Crippen LogP contribution in [0.25, 0.3) is 0 Å². The van der Waals surface area contributed by atoms with Crippen molar-refractivity contribution in [3.63, 3.8) is 0 Å². The summed E-state index contributed by atoms with van der Waals surface area (Å²) in [5.41, 5.74) is 1.36. The second-order valence-electron chi connectivity index (χ2n) is 9.12. The van der Waals surface area contributed by atoms with E-state index in [1.807, 2.05) is 40.6 Å². The first-order chi connectivity index (χ1) is 14.7. The normalized spacial score (nSPS) is 24.7. The predicted molar refractivity (Wildman–Crippen MR) is 128 cm³/mol. The van der Waals surface area contributed by atoms with Crippen LogP contribution in [0.1, 0.15) is 49.2 Å². The van der Waals surface area contributed by atoms with Crippen LogP contribution in [0.4, 0.5) is 0 Å². The number of nitrogens with zero attached hydrogens (tertiary/aromatic N) is 2. The van der Waals surface area contributed by atoms with Crippen molar-refractivity contribution >= 4 is 29.4 Å². The number of thioether (sulfide) groups is 2. The molecule has 4 rings (SSSR count). The molecular weight excluding hydrogens is 412 g/mol. The number of carbonyl (C=O) groups excluding carboxylic acids is 1. The fourth-order valence-electron chi connectivity index (χ4n) is 4.69. The van der Waals surface area contributed by atoms with E-state index in [2.05, 4.69) is 24.0 Å². The molecule has 0 N–H and O–H groups in total. The molecule has 1 amide bonds. The van der Waals surface area contributed by atoms with Gasteiger partial charge in [0.1, 0.15) is 5.75 Å². The molecular formula is C24H36N2O2S2. The van der Waals surface area contributed by atoms with Gasteiger partial charge in [-0.05, 0) is 86.2 Å². The second kappa shape index (κ2) is 11.1. The highest BCUT2D eigenvalue weighted by atomic mass is 32.2. The van der Waals surface area contributed by atoms with E-state index in [0.717, 1.165) is 37.7 Å². The first kappa shape index (κ1) is 22.3. The summed E-state index contributed by atoms with van der Waals surface area (Å²) in [7, 11) is 0. The van der Waals surface area contributed by atoms with Gasteiger partial charge in [0.15, 0.2) is 6.61 Å². The van der Waals surface area contributed by atoms with Gasteiger partial charge in [-0.2, -0.15) is 0 Å². The molecule has 1 aromatic rings. The summed E-state index contributed by atoms with van der Waals surface area (Å²) >= 11 is 4.06. The molecule has 0 aromatic heterocycles. The third kappa shape index (κ3) is 6.33. The SMILES string of the molecule is CC1CCN(CC2CCCN(C(=O)COc3ccc(C4SCCCS4)cc3)C2)CC1. The maximum Gasteiger partial charge on any atom is 0.260 e. The molecule has 30 heavy (non-hydrogen) atoms. The largest absolute Gasteiger partial charge is 0.484 e. The van der Waals surface area contributed by atoms with Gasteiger partial charge in [-0.25, -0.2) is 0 Å². The lowest BCUT2D eigenvalue weighted by Crippen LogP contribution is -2.46. The number of hydrogen-bond acceptors (Lipinski definition) is 5. The maximum atomic E-state index is 12.7. The van der Waals surface area contributed by atoms with Gasteiger partial charge < -0.3 is 14.5 Å². The Morgan fingerprint density at radius 3 is 2.50 bits per heavy atom. The summed E-state index contributed by atoms with van der Waals surface area (Å²) in [4.78, 5) is 17.4. The Kier molecular flexibility index (Phi) is 8.30. The first-order valence-electron chi connectivity index (χ1n) is 11.6. The van der Waals surface area contributed by atoms with Crippen molar-refractivity contribution in [1.82, 2.24) is 9.80 Å². The zero-order valence-corrected chi connectivity index (χ0v) is 19.9. The lowest BCUT2D eigenvalue weighted by Gasteiger charge is -2.37. The van der Waals surface area contributed by atoms with Crippen LogP contribution in [0, 0.1) is 11.8 Å². The third-order valence-corrected chi connectivity index (χ3v) is 9.62. The number of hydrogen-bond donors (Lipinski definition) is 0. The van der Waals surface area contributed by atoms with Crippen molar-refractivity contribution in [1.29, 1.82) is 0 Å². The van der Waals surface area contributed by atoms with Gasteiger partial charge in [0.25, 0.3) is 5.91 Å². The van der Waals surface area contributed by atoms with Crippen LogP contribution < -0.4 is 4.74 Å². The Bertz CT molecular complexity index is 670. The van der Waals surface area contributed by atoms with E-state index in [4.69, 9.17) is 4.74 Å². The summed E-state index contributed by atoms with van der Waals surface area (Å²) in [6, 6.07) is 8.36. The van der Waals surface area contributed by atoms with Crippen molar-refractivity contribution in [3.05, 3.63) is 29.8 Å². The number of likely N-dealkylation sites (tertiary alicyclic amines) is 2. The molecule has 3 aliphatic rings. The molecule has 166 valence electrons. The Hall–Kier alpha value is -0.850. The van der Waals surface area contributed by atoms with Gasteiger partial charge in [0.05, 0.1) is 4.58 Å². The Morgan fingerprint density at radius 2 is 1.77 bits per heavy atom. The third-order valence-electron chi connectivity index (χ3n) is 6.61. The Morgan fingerprint density at radius 1 is 1.03 bits per heavy atom. The van der Waals surface area contributed by atoms with Crippen LogP contribution in [0.2, 0.25) is 0 Å². The van der Waals surface area contributed by atoms with Crippen molar-refractivity contribution in [2.45, 2.75) is 43.6 Å². The molecule has 1 unspecified atom stereocenters. The molecule has 0 spiro atoms. The van der Waals surface area contributed by atoms with Gasteiger partial charge in [0.2, 0.25) is 0 Å². The first-order valence-corrected chi connectivity index (χ1v) is 13.7. The molecule has 6 heteroatoms. The molecule has 3 aliphatic heterocycles. The number of ether oxygens (including phenoxy) is 1. The zero-order chi connectivity index (χ0) is 20.8. The summed E-state index contributed by atoms with van der Waals surface area (Å²) in [6.07, 6.45) is 6.31. The summed E-state index contributed by atoms with van der Waals surface area (Å²) in [6.45, 7) is 7.88. The van der Waals surface area contributed by atoms with E-state index < -0.39 is 0 Å². The number of piperidine rings is 2. The molecule has 3 saturated heterocycles. The minimum absolute atomic E-state index is 0.134. The quantitative estimate of drug-likeness (QED) is 0.618. The van der Waals surface area contributed by atoms with Crippen LogP contribution in [0.5, 0.6) is 5.75 Å². The number of carbonyl (C=O) groups is 1. The molecule has 1 aromatic carbocycles. The topological polar surface area (TPSA) is 32.8 Å². The van der Waals surface area contributed by atoms with Gasteiger partial charge >= 0.3 is 0 Å².